The number of fused-ring (bicyclic) bond motifs is 1. The molecule has 2 aliphatic rings. The largest absolute Gasteiger partial charge is 0.369 e. The molecule has 3 amide bonds. The standard InChI is InChI=1S/C22H25Cl2N3O2.C4H9NO/c1-14(2)22(29)27(16-6-7-16)13-20(28)26-11-10-25-9-3-4-19(25)21(26)15-5-8-17(23)18(24)12-15;1-3(2)4(5)6/h3-5,8-9,12,14,16,21H,6-7,10-11,13H2,1-2H3;3H,1-2H3,(H2,5,6). The smallest absolute Gasteiger partial charge is 0.243 e. The van der Waals surface area contributed by atoms with Crippen molar-refractivity contribution in [2.24, 2.45) is 17.6 Å². The van der Waals surface area contributed by atoms with Crippen molar-refractivity contribution >= 4 is 40.9 Å². The fraction of sp³-hybridized carbons (Fsp3) is 0.500. The number of hydrogen-bond donors (Lipinski definition) is 1. The molecule has 0 bridgehead atoms. The highest BCUT2D eigenvalue weighted by Crippen LogP contribution is 2.36. The van der Waals surface area contributed by atoms with E-state index in [2.05, 4.69) is 4.57 Å². The summed E-state index contributed by atoms with van der Waals surface area (Å²) in [6.07, 6.45) is 3.98. The first-order valence-electron chi connectivity index (χ1n) is 12.0. The molecule has 1 aliphatic carbocycles. The summed E-state index contributed by atoms with van der Waals surface area (Å²) in [5.41, 5.74) is 6.75. The highest BCUT2D eigenvalue weighted by Gasteiger charge is 2.38. The van der Waals surface area contributed by atoms with E-state index in [1.165, 1.54) is 0 Å². The molecule has 35 heavy (non-hydrogen) atoms. The normalized spacial score (nSPS) is 17.0. The van der Waals surface area contributed by atoms with Crippen LogP contribution in [-0.4, -0.2) is 51.2 Å². The molecule has 190 valence electrons. The average Bonchev–Trinajstić information content (AvgIpc) is 3.54. The molecule has 2 aromatic rings. The first-order chi connectivity index (χ1) is 16.5. The van der Waals surface area contributed by atoms with Crippen molar-refractivity contribution in [1.29, 1.82) is 0 Å². The zero-order chi connectivity index (χ0) is 25.9. The first kappa shape index (κ1) is 27.1. The monoisotopic (exact) mass is 520 g/mol. The number of nitrogens with zero attached hydrogens (tertiary/aromatic N) is 3. The molecule has 2 N–H and O–H groups in total. The van der Waals surface area contributed by atoms with Gasteiger partial charge < -0.3 is 20.1 Å². The van der Waals surface area contributed by atoms with Crippen LogP contribution < -0.4 is 5.73 Å². The molecule has 1 aromatic heterocycles. The predicted molar refractivity (Wildman–Crippen MR) is 138 cm³/mol. The van der Waals surface area contributed by atoms with Gasteiger partial charge in [0.2, 0.25) is 17.7 Å². The number of benzene rings is 1. The third-order valence-corrected chi connectivity index (χ3v) is 7.00. The van der Waals surface area contributed by atoms with Gasteiger partial charge in [-0.15, -0.1) is 0 Å². The summed E-state index contributed by atoms with van der Waals surface area (Å²) in [6.45, 7) is 8.74. The van der Waals surface area contributed by atoms with Gasteiger partial charge in [-0.25, -0.2) is 0 Å². The molecular weight excluding hydrogens is 487 g/mol. The summed E-state index contributed by atoms with van der Waals surface area (Å²) in [5.74, 6) is -0.352. The summed E-state index contributed by atoms with van der Waals surface area (Å²) < 4.78 is 2.16. The molecule has 0 saturated heterocycles. The Morgan fingerprint density at radius 1 is 1.03 bits per heavy atom. The van der Waals surface area contributed by atoms with Crippen LogP contribution >= 0.6 is 23.2 Å². The number of carbonyl (C=O) groups excluding carboxylic acids is 3. The van der Waals surface area contributed by atoms with Crippen LogP contribution in [0.25, 0.3) is 0 Å². The van der Waals surface area contributed by atoms with Crippen molar-refractivity contribution < 1.29 is 14.4 Å². The molecule has 1 aliphatic heterocycles. The molecule has 1 atom stereocenters. The highest BCUT2D eigenvalue weighted by atomic mass is 35.5. The second kappa shape index (κ2) is 11.5. The molecule has 1 saturated carbocycles. The lowest BCUT2D eigenvalue weighted by atomic mass is 9.99. The van der Waals surface area contributed by atoms with Crippen molar-refractivity contribution in [2.75, 3.05) is 13.1 Å². The van der Waals surface area contributed by atoms with Crippen molar-refractivity contribution in [3.05, 3.63) is 57.8 Å². The number of carbonyl (C=O) groups is 3. The quantitative estimate of drug-likeness (QED) is 0.607. The molecule has 1 fully saturated rings. The Morgan fingerprint density at radius 2 is 1.69 bits per heavy atom. The highest BCUT2D eigenvalue weighted by molar-refractivity contribution is 6.42. The lowest BCUT2D eigenvalue weighted by Gasteiger charge is -2.38. The van der Waals surface area contributed by atoms with Crippen LogP contribution in [-0.2, 0) is 20.9 Å². The number of aromatic nitrogens is 1. The number of nitrogens with two attached hydrogens (primary N) is 1. The second-order valence-electron chi connectivity index (χ2n) is 9.70. The number of amides is 3. The van der Waals surface area contributed by atoms with Gasteiger partial charge in [0.25, 0.3) is 0 Å². The van der Waals surface area contributed by atoms with Gasteiger partial charge in [-0.1, -0.05) is 57.0 Å². The van der Waals surface area contributed by atoms with Gasteiger partial charge in [0.15, 0.2) is 0 Å². The minimum Gasteiger partial charge on any atom is -0.369 e. The molecule has 0 radical (unpaired) electrons. The first-order valence-corrected chi connectivity index (χ1v) is 12.8. The molecule has 9 heteroatoms. The Morgan fingerprint density at radius 3 is 2.23 bits per heavy atom. The van der Waals surface area contributed by atoms with Crippen LogP contribution in [0.4, 0.5) is 0 Å². The van der Waals surface area contributed by atoms with Crippen LogP contribution in [0.3, 0.4) is 0 Å². The Kier molecular flexibility index (Phi) is 8.89. The Hall–Kier alpha value is -2.51. The minimum atomic E-state index is -0.253. The molecule has 7 nitrogen and oxygen atoms in total. The molecular formula is C26H34Cl2N4O3. The van der Waals surface area contributed by atoms with Crippen molar-refractivity contribution in [3.8, 4) is 0 Å². The molecule has 1 unspecified atom stereocenters. The van der Waals surface area contributed by atoms with Gasteiger partial charge >= 0.3 is 0 Å². The summed E-state index contributed by atoms with van der Waals surface area (Å²) in [4.78, 5) is 39.6. The third-order valence-electron chi connectivity index (χ3n) is 6.26. The van der Waals surface area contributed by atoms with E-state index < -0.39 is 0 Å². The van der Waals surface area contributed by atoms with Crippen LogP contribution in [0.15, 0.2) is 36.5 Å². The predicted octanol–water partition coefficient (Wildman–Crippen LogP) is 4.50. The fourth-order valence-electron chi connectivity index (χ4n) is 4.03. The summed E-state index contributed by atoms with van der Waals surface area (Å²) in [6, 6.07) is 9.48. The van der Waals surface area contributed by atoms with Gasteiger partial charge in [0.05, 0.1) is 16.1 Å². The average molecular weight is 521 g/mol. The van der Waals surface area contributed by atoms with E-state index in [9.17, 15) is 14.4 Å². The number of primary amides is 1. The van der Waals surface area contributed by atoms with E-state index in [4.69, 9.17) is 28.9 Å². The van der Waals surface area contributed by atoms with E-state index in [1.807, 2.05) is 49.2 Å². The maximum atomic E-state index is 13.4. The third kappa shape index (κ3) is 6.58. The lowest BCUT2D eigenvalue weighted by molar-refractivity contribution is -0.144. The number of rotatable bonds is 6. The zero-order valence-corrected chi connectivity index (χ0v) is 22.2. The van der Waals surface area contributed by atoms with Gasteiger partial charge in [0, 0.05) is 42.9 Å². The maximum absolute atomic E-state index is 13.4. The van der Waals surface area contributed by atoms with E-state index >= 15 is 0 Å². The Bertz CT molecular complexity index is 1080. The van der Waals surface area contributed by atoms with Crippen LogP contribution in [0.5, 0.6) is 0 Å². The lowest BCUT2D eigenvalue weighted by Crippen LogP contribution is -2.49. The SMILES string of the molecule is CC(C)C(=O)N(CC(=O)N1CCn2cccc2C1c1ccc(Cl)c(Cl)c1)C1CC1.CC(C)C(N)=O. The van der Waals surface area contributed by atoms with Gasteiger partial charge in [-0.2, -0.15) is 0 Å². The van der Waals surface area contributed by atoms with Gasteiger partial charge in [-0.05, 0) is 42.7 Å². The molecule has 0 spiro atoms. The van der Waals surface area contributed by atoms with E-state index in [1.54, 1.807) is 24.8 Å². The van der Waals surface area contributed by atoms with E-state index in [-0.39, 0.29) is 48.2 Å². The second-order valence-corrected chi connectivity index (χ2v) is 10.5. The maximum Gasteiger partial charge on any atom is 0.243 e. The van der Waals surface area contributed by atoms with Crippen LogP contribution in [0.2, 0.25) is 10.0 Å². The van der Waals surface area contributed by atoms with Gasteiger partial charge in [0.1, 0.15) is 6.54 Å². The topological polar surface area (TPSA) is 88.6 Å². The minimum absolute atomic E-state index is 0.00926. The van der Waals surface area contributed by atoms with Crippen molar-refractivity contribution in [2.45, 2.75) is 59.2 Å². The molecule has 4 rings (SSSR count). The molecule has 1 aromatic carbocycles. The van der Waals surface area contributed by atoms with E-state index in [0.29, 0.717) is 16.6 Å². The Balaban J connectivity index is 0.000000509. The Labute approximate surface area is 217 Å². The van der Waals surface area contributed by atoms with Crippen LogP contribution in [0, 0.1) is 11.8 Å². The zero-order valence-electron chi connectivity index (χ0n) is 20.7. The summed E-state index contributed by atoms with van der Waals surface area (Å²) >= 11 is 12.4. The fourth-order valence-corrected chi connectivity index (χ4v) is 4.33. The molecule has 2 heterocycles. The van der Waals surface area contributed by atoms with Crippen LogP contribution in [0.1, 0.15) is 57.8 Å². The number of hydrogen-bond acceptors (Lipinski definition) is 3. The van der Waals surface area contributed by atoms with E-state index in [0.717, 1.165) is 30.6 Å². The van der Waals surface area contributed by atoms with Crippen molar-refractivity contribution in [3.63, 3.8) is 0 Å². The van der Waals surface area contributed by atoms with Crippen molar-refractivity contribution in [1.82, 2.24) is 14.4 Å². The number of halogens is 2. The summed E-state index contributed by atoms with van der Waals surface area (Å²) in [7, 11) is 0. The van der Waals surface area contributed by atoms with Gasteiger partial charge in [-0.3, -0.25) is 14.4 Å². The summed E-state index contributed by atoms with van der Waals surface area (Å²) in [5, 5.41) is 0.955.